The van der Waals surface area contributed by atoms with Crippen molar-refractivity contribution in [3.05, 3.63) is 11.8 Å². The molecule has 0 aromatic rings. The van der Waals surface area contributed by atoms with Crippen molar-refractivity contribution in [2.75, 3.05) is 34.8 Å². The van der Waals surface area contributed by atoms with Crippen molar-refractivity contribution in [1.29, 1.82) is 0 Å². The van der Waals surface area contributed by atoms with Gasteiger partial charge in [0.05, 0.1) is 6.61 Å². The van der Waals surface area contributed by atoms with Crippen LogP contribution in [0, 0.1) is 0 Å². The molecule has 0 aromatic carbocycles. The summed E-state index contributed by atoms with van der Waals surface area (Å²) in [4.78, 5) is 13.0. The Morgan fingerprint density at radius 3 is 2.11 bits per heavy atom. The number of esters is 1. The largest absolute Gasteiger partial charge is 0.477 e. The summed E-state index contributed by atoms with van der Waals surface area (Å²) in [5.41, 5.74) is -1.55. The molecule has 0 saturated carbocycles. The number of carbonyl (C=O) groups excluding carboxylic acids is 1. The number of hydrogen-bond donors (Lipinski definition) is 0. The van der Waals surface area contributed by atoms with Gasteiger partial charge in [0.2, 0.25) is 0 Å². The molecule has 4 nitrogen and oxygen atoms in total. The maximum atomic E-state index is 12.9. The van der Waals surface area contributed by atoms with Crippen LogP contribution in [0.4, 0.5) is 13.2 Å². The van der Waals surface area contributed by atoms with E-state index in [-0.39, 0.29) is 6.61 Å². The van der Waals surface area contributed by atoms with Gasteiger partial charge in [-0.05, 0) is 6.92 Å². The molecule has 0 N–H and O–H groups in total. The summed E-state index contributed by atoms with van der Waals surface area (Å²) in [5, 5.41) is 0. The van der Waals surface area contributed by atoms with E-state index >= 15 is 0 Å². The first-order valence-electron chi connectivity index (χ1n) is 5.28. The Labute approximate surface area is 104 Å². The molecule has 0 aliphatic heterocycles. The van der Waals surface area contributed by atoms with Gasteiger partial charge in [-0.3, -0.25) is 0 Å². The van der Waals surface area contributed by atoms with Crippen molar-refractivity contribution >= 4 is 11.7 Å². The molecular formula is C11H18F3N2O2+. The molecule has 0 amide bonds. The molecule has 0 aliphatic carbocycles. The van der Waals surface area contributed by atoms with Gasteiger partial charge in [0, 0.05) is 20.3 Å². The smallest absolute Gasteiger partial charge is 0.462 e. The molecule has 104 valence electrons. The molecule has 18 heavy (non-hydrogen) atoms. The molecule has 0 atom stereocenters. The van der Waals surface area contributed by atoms with E-state index in [9.17, 15) is 18.0 Å². The molecule has 0 rings (SSSR count). The first-order valence-corrected chi connectivity index (χ1v) is 5.28. The molecule has 7 heteroatoms. The predicted molar refractivity (Wildman–Crippen MR) is 61.6 cm³/mol. The predicted octanol–water partition coefficient (Wildman–Crippen LogP) is 1.27. The Morgan fingerprint density at radius 2 is 1.83 bits per heavy atom. The highest BCUT2D eigenvalue weighted by atomic mass is 19.4. The number of ether oxygens (including phenoxy) is 1. The first-order chi connectivity index (χ1) is 8.11. The van der Waals surface area contributed by atoms with Gasteiger partial charge in [-0.2, -0.15) is 13.2 Å². The van der Waals surface area contributed by atoms with Crippen LogP contribution in [0.3, 0.4) is 0 Å². The van der Waals surface area contributed by atoms with Crippen LogP contribution in [-0.4, -0.2) is 62.1 Å². The highest BCUT2D eigenvalue weighted by Gasteiger charge is 2.47. The van der Waals surface area contributed by atoms with Gasteiger partial charge in [0.1, 0.15) is 14.1 Å². The topological polar surface area (TPSA) is 32.5 Å². The molecule has 0 saturated heterocycles. The summed E-state index contributed by atoms with van der Waals surface area (Å²) in [6, 6.07) is 0. The summed E-state index contributed by atoms with van der Waals surface area (Å²) >= 11 is 0. The molecule has 0 fully saturated rings. The SMILES string of the molecule is CCOC(=O)/C(=C\N(C)C)C(=[N+](C)C)C(F)(F)F. The van der Waals surface area contributed by atoms with Crippen LogP contribution in [-0.2, 0) is 9.53 Å². The van der Waals surface area contributed by atoms with Gasteiger partial charge in [-0.1, -0.05) is 0 Å². The Bertz CT molecular complexity index is 367. The fourth-order valence-electron chi connectivity index (χ4n) is 1.32. The van der Waals surface area contributed by atoms with Crippen molar-refractivity contribution in [3.8, 4) is 0 Å². The lowest BCUT2D eigenvalue weighted by Gasteiger charge is -2.13. The lowest BCUT2D eigenvalue weighted by atomic mass is 10.1. The average molecular weight is 267 g/mol. The van der Waals surface area contributed by atoms with E-state index in [1.807, 2.05) is 0 Å². The number of hydrogen-bond acceptors (Lipinski definition) is 3. The van der Waals surface area contributed by atoms with Crippen LogP contribution >= 0.6 is 0 Å². The second kappa shape index (κ2) is 6.42. The first kappa shape index (κ1) is 16.5. The highest BCUT2D eigenvalue weighted by Crippen LogP contribution is 2.22. The minimum Gasteiger partial charge on any atom is -0.462 e. The molecule has 0 unspecified atom stereocenters. The Balaban J connectivity index is 5.72. The van der Waals surface area contributed by atoms with Gasteiger partial charge in [0.25, 0.3) is 5.71 Å². The summed E-state index contributed by atoms with van der Waals surface area (Å²) in [7, 11) is 5.52. The van der Waals surface area contributed by atoms with E-state index in [0.717, 1.165) is 10.8 Å². The van der Waals surface area contributed by atoms with Crippen LogP contribution in [0.25, 0.3) is 0 Å². The second-order valence-corrected chi connectivity index (χ2v) is 3.97. The Kier molecular flexibility index (Phi) is 5.87. The third-order valence-electron chi connectivity index (χ3n) is 1.85. The zero-order chi connectivity index (χ0) is 14.5. The summed E-state index contributed by atoms with van der Waals surface area (Å²) in [6.07, 6.45) is -3.53. The number of carbonyl (C=O) groups is 1. The monoisotopic (exact) mass is 267 g/mol. The van der Waals surface area contributed by atoms with Crippen LogP contribution in [0.5, 0.6) is 0 Å². The van der Waals surface area contributed by atoms with Crippen LogP contribution in [0.15, 0.2) is 11.8 Å². The fraction of sp³-hybridized carbons (Fsp3) is 0.636. The van der Waals surface area contributed by atoms with Crippen molar-refractivity contribution in [2.24, 2.45) is 0 Å². The van der Waals surface area contributed by atoms with Gasteiger partial charge >= 0.3 is 12.1 Å². The molecule has 0 aromatic heterocycles. The minimum absolute atomic E-state index is 0.0160. The van der Waals surface area contributed by atoms with Gasteiger partial charge < -0.3 is 9.64 Å². The van der Waals surface area contributed by atoms with Crippen molar-refractivity contribution in [2.45, 2.75) is 13.1 Å². The quantitative estimate of drug-likeness (QED) is 0.333. The molecule has 0 aliphatic rings. The number of alkyl halides is 3. The van der Waals surface area contributed by atoms with E-state index < -0.39 is 23.4 Å². The van der Waals surface area contributed by atoms with Gasteiger partial charge in [0.15, 0.2) is 5.57 Å². The van der Waals surface area contributed by atoms with Crippen molar-refractivity contribution in [3.63, 3.8) is 0 Å². The lowest BCUT2D eigenvalue weighted by molar-refractivity contribution is -0.472. The summed E-state index contributed by atoms with van der Waals surface area (Å²) < 4.78 is 44.3. The molecule has 0 bridgehead atoms. The number of halogens is 3. The van der Waals surface area contributed by atoms with Crippen molar-refractivity contribution in [1.82, 2.24) is 4.90 Å². The third-order valence-corrected chi connectivity index (χ3v) is 1.85. The molecule has 0 heterocycles. The van der Waals surface area contributed by atoms with E-state index in [0.29, 0.717) is 0 Å². The van der Waals surface area contributed by atoms with Crippen molar-refractivity contribution < 1.29 is 27.3 Å². The number of rotatable bonds is 4. The van der Waals surface area contributed by atoms with Gasteiger partial charge in [-0.25, -0.2) is 9.37 Å². The normalized spacial score (nSPS) is 12.1. The van der Waals surface area contributed by atoms with E-state index in [2.05, 4.69) is 4.74 Å². The minimum atomic E-state index is -4.63. The molecule has 0 radical (unpaired) electrons. The van der Waals surface area contributed by atoms with Gasteiger partial charge in [-0.15, -0.1) is 0 Å². The third kappa shape index (κ3) is 4.77. The van der Waals surface area contributed by atoms with Crippen LogP contribution < -0.4 is 0 Å². The Morgan fingerprint density at radius 1 is 1.33 bits per heavy atom. The maximum Gasteiger partial charge on any atom is 0.477 e. The Hall–Kier alpha value is -1.53. The van der Waals surface area contributed by atoms with Crippen LogP contribution in [0.1, 0.15) is 6.92 Å². The molecular weight excluding hydrogens is 249 g/mol. The summed E-state index contributed by atoms with van der Waals surface area (Å²) in [6.45, 7) is 1.55. The van der Waals surface area contributed by atoms with E-state index in [1.54, 1.807) is 0 Å². The van der Waals surface area contributed by atoms with E-state index in [4.69, 9.17) is 0 Å². The zero-order valence-corrected chi connectivity index (χ0v) is 11.1. The summed E-state index contributed by atoms with van der Waals surface area (Å²) in [5.74, 6) is -0.993. The average Bonchev–Trinajstić information content (AvgIpc) is 2.13. The second-order valence-electron chi connectivity index (χ2n) is 3.97. The highest BCUT2D eigenvalue weighted by molar-refractivity contribution is 6.19. The van der Waals surface area contributed by atoms with E-state index in [1.165, 1.54) is 40.0 Å². The standard InChI is InChI=1S/C11H18F3N2O2/c1-6-18-10(17)8(7-15(2)3)9(16(4)5)11(12,13)14/h7H,6H2,1-5H3/q+1. The lowest BCUT2D eigenvalue weighted by Crippen LogP contribution is -2.36. The molecule has 0 spiro atoms. The maximum absolute atomic E-state index is 12.9. The fourth-order valence-corrected chi connectivity index (χ4v) is 1.32. The number of nitrogens with zero attached hydrogens (tertiary/aromatic N) is 2. The van der Waals surface area contributed by atoms with Crippen LogP contribution in [0.2, 0.25) is 0 Å². The zero-order valence-electron chi connectivity index (χ0n) is 11.1.